The third-order valence-electron chi connectivity index (χ3n) is 7.13. The van der Waals surface area contributed by atoms with Crippen molar-refractivity contribution in [1.82, 2.24) is 24.8 Å². The molecule has 1 atom stereocenters. The molecule has 3 aromatic rings. The number of nitrogens with one attached hydrogen (secondary N) is 2. The quantitative estimate of drug-likeness (QED) is 0.495. The number of carbonyl (C=O) groups excluding carboxylic acids is 2. The first kappa shape index (κ1) is 25.7. The third-order valence-corrected chi connectivity index (χ3v) is 7.13. The van der Waals surface area contributed by atoms with Crippen LogP contribution >= 0.6 is 0 Å². The van der Waals surface area contributed by atoms with Gasteiger partial charge in [0.15, 0.2) is 0 Å². The Morgan fingerprint density at radius 3 is 2.79 bits per heavy atom. The molecular formula is C27H29F3N6O2. The molecule has 2 aliphatic heterocycles. The zero-order chi connectivity index (χ0) is 27.0. The number of alkyl halides is 2. The van der Waals surface area contributed by atoms with Crippen LogP contribution in [0.5, 0.6) is 0 Å². The number of hydrogen-bond acceptors (Lipinski definition) is 5. The van der Waals surface area contributed by atoms with Crippen LogP contribution in [-0.2, 0) is 17.8 Å². The molecule has 38 heavy (non-hydrogen) atoms. The molecule has 0 radical (unpaired) electrons. The van der Waals surface area contributed by atoms with E-state index in [1.165, 1.54) is 6.92 Å². The van der Waals surface area contributed by atoms with Gasteiger partial charge in [0.1, 0.15) is 23.1 Å². The van der Waals surface area contributed by atoms with E-state index in [0.717, 1.165) is 41.7 Å². The first-order valence-corrected chi connectivity index (χ1v) is 12.6. The van der Waals surface area contributed by atoms with Gasteiger partial charge < -0.3 is 20.1 Å². The number of aryl methyl sites for hydroxylation is 2. The molecule has 8 nitrogen and oxygen atoms in total. The molecule has 0 unspecified atom stereocenters. The van der Waals surface area contributed by atoms with Gasteiger partial charge in [-0.1, -0.05) is 6.07 Å². The van der Waals surface area contributed by atoms with Crippen molar-refractivity contribution < 1.29 is 22.8 Å². The second-order valence-electron chi connectivity index (χ2n) is 9.93. The Kier molecular flexibility index (Phi) is 6.85. The summed E-state index contributed by atoms with van der Waals surface area (Å²) < 4.78 is 45.4. The fourth-order valence-corrected chi connectivity index (χ4v) is 5.15. The summed E-state index contributed by atoms with van der Waals surface area (Å²) in [6.07, 6.45) is 4.67. The smallest absolute Gasteiger partial charge is 0.273 e. The maximum absolute atomic E-state index is 14.7. The number of nitrogens with zero attached hydrogens (tertiary/aromatic N) is 4. The summed E-state index contributed by atoms with van der Waals surface area (Å²) in [5.74, 6) is -3.81. The van der Waals surface area contributed by atoms with Gasteiger partial charge in [-0.3, -0.25) is 9.59 Å². The average molecular weight is 527 g/mol. The Labute approximate surface area is 218 Å². The number of carbonyl (C=O) groups is 2. The van der Waals surface area contributed by atoms with Gasteiger partial charge in [-0.25, -0.2) is 23.1 Å². The van der Waals surface area contributed by atoms with Crippen molar-refractivity contribution in [2.24, 2.45) is 0 Å². The number of fused-ring (bicyclic) bond motifs is 1. The number of halogens is 3. The number of piperidine rings is 1. The number of anilines is 2. The van der Waals surface area contributed by atoms with Crippen LogP contribution in [0, 0.1) is 12.7 Å². The van der Waals surface area contributed by atoms with E-state index in [4.69, 9.17) is 0 Å². The Hall–Kier alpha value is -3.89. The molecule has 11 heteroatoms. The van der Waals surface area contributed by atoms with E-state index in [1.807, 2.05) is 12.3 Å². The van der Waals surface area contributed by atoms with Gasteiger partial charge in [0, 0.05) is 55.5 Å². The van der Waals surface area contributed by atoms with Crippen LogP contribution in [0.25, 0.3) is 11.1 Å². The van der Waals surface area contributed by atoms with Crippen LogP contribution in [0.2, 0.25) is 0 Å². The molecule has 0 aromatic carbocycles. The van der Waals surface area contributed by atoms with E-state index >= 15 is 0 Å². The lowest BCUT2D eigenvalue weighted by Crippen LogP contribution is -2.55. The van der Waals surface area contributed by atoms with E-state index in [9.17, 15) is 22.8 Å². The fraction of sp³-hybridized carbons (Fsp3) is 0.407. The molecule has 2 amide bonds. The van der Waals surface area contributed by atoms with Crippen LogP contribution in [0.4, 0.5) is 24.8 Å². The van der Waals surface area contributed by atoms with Crippen molar-refractivity contribution in [3.05, 3.63) is 59.4 Å². The molecule has 5 heterocycles. The SMILES string of the molecule is CC(=O)NC[C@H]1CCC(F)(F)CN1C(=O)c1nc(Nc2cc(-c3ccn4c3CCC4)c(F)cn2)ccc1C. The number of likely N-dealkylation sites (tertiary alicyclic amines) is 1. The highest BCUT2D eigenvalue weighted by Gasteiger charge is 2.42. The molecule has 1 fully saturated rings. The van der Waals surface area contributed by atoms with Crippen LogP contribution in [0.3, 0.4) is 0 Å². The second kappa shape index (κ2) is 10.1. The van der Waals surface area contributed by atoms with Gasteiger partial charge >= 0.3 is 0 Å². The van der Waals surface area contributed by atoms with Crippen LogP contribution in [0.15, 0.2) is 36.7 Å². The Bertz CT molecular complexity index is 1390. The van der Waals surface area contributed by atoms with Crippen LogP contribution in [-0.4, -0.2) is 56.3 Å². The second-order valence-corrected chi connectivity index (χ2v) is 9.93. The highest BCUT2D eigenvalue weighted by Crippen LogP contribution is 2.34. The molecule has 0 aliphatic carbocycles. The number of hydrogen-bond donors (Lipinski definition) is 2. The minimum atomic E-state index is -3.03. The van der Waals surface area contributed by atoms with Crippen LogP contribution in [0.1, 0.15) is 47.9 Å². The summed E-state index contributed by atoms with van der Waals surface area (Å²) in [6.45, 7) is 3.26. The number of pyridine rings is 2. The van der Waals surface area contributed by atoms with Crippen molar-refractivity contribution >= 4 is 23.5 Å². The summed E-state index contributed by atoms with van der Waals surface area (Å²) in [5.41, 5.74) is 2.85. The first-order chi connectivity index (χ1) is 18.1. The van der Waals surface area contributed by atoms with E-state index in [1.54, 1.807) is 25.1 Å². The standard InChI is InChI=1S/C27H29F3N6O2/c1-16-5-6-23(33-24-12-20(21(28)14-32-24)19-8-11-35-10-3-4-22(19)35)34-25(16)26(38)36-15-27(29,30)9-7-18(36)13-31-17(2)37/h5-6,8,11-12,14,18H,3-4,7,9-10,13,15H2,1-2H3,(H,31,37)(H,32,33,34)/t18-/m1/s1. The van der Waals surface area contributed by atoms with E-state index in [0.29, 0.717) is 16.9 Å². The van der Waals surface area contributed by atoms with Crippen molar-refractivity contribution in [3.63, 3.8) is 0 Å². The van der Waals surface area contributed by atoms with Crippen molar-refractivity contribution in [1.29, 1.82) is 0 Å². The van der Waals surface area contributed by atoms with Gasteiger partial charge in [-0.2, -0.15) is 0 Å². The largest absolute Gasteiger partial charge is 0.354 e. The van der Waals surface area contributed by atoms with Gasteiger partial charge in [-0.05, 0) is 49.9 Å². The minimum absolute atomic E-state index is 0.0214. The lowest BCUT2D eigenvalue weighted by Gasteiger charge is -2.39. The third kappa shape index (κ3) is 5.23. The summed E-state index contributed by atoms with van der Waals surface area (Å²) in [4.78, 5) is 34.5. The van der Waals surface area contributed by atoms with Gasteiger partial charge in [0.05, 0.1) is 12.7 Å². The van der Waals surface area contributed by atoms with Crippen molar-refractivity contribution in [3.8, 4) is 11.1 Å². The molecule has 0 spiro atoms. The van der Waals surface area contributed by atoms with E-state index < -0.39 is 30.2 Å². The molecule has 2 aliphatic rings. The maximum Gasteiger partial charge on any atom is 0.273 e. The number of rotatable bonds is 6. The summed E-state index contributed by atoms with van der Waals surface area (Å²) in [6, 6.07) is 6.23. The number of amides is 2. The lowest BCUT2D eigenvalue weighted by atomic mass is 9.98. The Morgan fingerprint density at radius 2 is 2.00 bits per heavy atom. The van der Waals surface area contributed by atoms with E-state index in [2.05, 4.69) is 25.2 Å². The highest BCUT2D eigenvalue weighted by molar-refractivity contribution is 5.94. The van der Waals surface area contributed by atoms with E-state index in [-0.39, 0.29) is 36.8 Å². The fourth-order valence-electron chi connectivity index (χ4n) is 5.15. The zero-order valence-corrected chi connectivity index (χ0v) is 21.2. The summed E-state index contributed by atoms with van der Waals surface area (Å²) in [5, 5.41) is 5.65. The average Bonchev–Trinajstić information content (AvgIpc) is 3.49. The molecule has 200 valence electrons. The van der Waals surface area contributed by atoms with Crippen molar-refractivity contribution in [2.75, 3.05) is 18.4 Å². The normalized spacial score (nSPS) is 18.2. The van der Waals surface area contributed by atoms with Gasteiger partial charge in [0.25, 0.3) is 11.8 Å². The molecule has 5 rings (SSSR count). The highest BCUT2D eigenvalue weighted by atomic mass is 19.3. The first-order valence-electron chi connectivity index (χ1n) is 12.6. The summed E-state index contributed by atoms with van der Waals surface area (Å²) in [7, 11) is 0. The predicted octanol–water partition coefficient (Wildman–Crippen LogP) is 4.46. The molecule has 0 saturated carbocycles. The Morgan fingerprint density at radius 1 is 1.18 bits per heavy atom. The van der Waals surface area contributed by atoms with Gasteiger partial charge in [0.2, 0.25) is 5.91 Å². The Balaban J connectivity index is 1.40. The zero-order valence-electron chi connectivity index (χ0n) is 21.2. The molecule has 1 saturated heterocycles. The van der Waals surface area contributed by atoms with Gasteiger partial charge in [-0.15, -0.1) is 0 Å². The molecule has 2 N–H and O–H groups in total. The molecule has 0 bridgehead atoms. The summed E-state index contributed by atoms with van der Waals surface area (Å²) >= 11 is 0. The van der Waals surface area contributed by atoms with Crippen molar-refractivity contribution in [2.45, 2.75) is 58.0 Å². The topological polar surface area (TPSA) is 92.1 Å². The number of aromatic nitrogens is 3. The monoisotopic (exact) mass is 526 g/mol. The molecule has 3 aromatic heterocycles. The minimum Gasteiger partial charge on any atom is -0.354 e. The van der Waals surface area contributed by atoms with Crippen LogP contribution < -0.4 is 10.6 Å². The maximum atomic E-state index is 14.7. The lowest BCUT2D eigenvalue weighted by molar-refractivity contribution is -0.119. The molecular weight excluding hydrogens is 497 g/mol. The predicted molar refractivity (Wildman–Crippen MR) is 136 cm³/mol.